The molecule has 1 fully saturated rings. The van der Waals surface area contributed by atoms with E-state index >= 15 is 0 Å². The summed E-state index contributed by atoms with van der Waals surface area (Å²) in [5.41, 5.74) is -1.40. The molecule has 0 aromatic rings. The van der Waals surface area contributed by atoms with Crippen LogP contribution in [0.2, 0.25) is 0 Å². The van der Waals surface area contributed by atoms with Crippen LogP contribution in [-0.4, -0.2) is 27.8 Å². The van der Waals surface area contributed by atoms with Gasteiger partial charge in [-0.15, -0.1) is 0 Å². The van der Waals surface area contributed by atoms with E-state index in [1.54, 1.807) is 0 Å². The van der Waals surface area contributed by atoms with Gasteiger partial charge in [0.1, 0.15) is 0 Å². The topological polar surface area (TPSA) is 83.8 Å². The van der Waals surface area contributed by atoms with Gasteiger partial charge in [-0.1, -0.05) is 13.0 Å². The molecule has 0 saturated heterocycles. The summed E-state index contributed by atoms with van der Waals surface area (Å²) in [5.74, 6) is -1.39. The average Bonchev–Trinajstić information content (AvgIpc) is 2.19. The fraction of sp³-hybridized carbons (Fsp3) is 0.636. The minimum Gasteiger partial charge on any atom is -0.479 e. The quantitative estimate of drug-likeness (QED) is 0.554. The highest BCUT2D eigenvalue weighted by Gasteiger charge is 2.36. The van der Waals surface area contributed by atoms with Crippen molar-refractivity contribution in [2.24, 2.45) is 0 Å². The molecule has 0 bridgehead atoms. The largest absolute Gasteiger partial charge is 0.479 e. The van der Waals surface area contributed by atoms with E-state index < -0.39 is 11.6 Å². The second-order valence-electron chi connectivity index (χ2n) is 3.67. The maximum absolute atomic E-state index is 10.4. The summed E-state index contributed by atoms with van der Waals surface area (Å²) >= 11 is 0. The van der Waals surface area contributed by atoms with Crippen LogP contribution in [0, 0.1) is 0 Å². The monoisotopic (exact) mass is 230 g/mol. The lowest BCUT2D eigenvalue weighted by molar-refractivity contribution is -0.161. The van der Waals surface area contributed by atoms with Crippen LogP contribution in [0.4, 0.5) is 0 Å². The third-order valence-electron chi connectivity index (χ3n) is 2.33. The molecule has 5 heteroatoms. The first kappa shape index (κ1) is 14.6. The maximum Gasteiger partial charge on any atom is 0.335 e. The molecular formula is C11H18O5. The molecular weight excluding hydrogens is 212 g/mol. The summed E-state index contributed by atoms with van der Waals surface area (Å²) in [4.78, 5) is 20.2. The molecule has 0 heterocycles. The Morgan fingerprint density at radius 2 is 1.81 bits per heavy atom. The van der Waals surface area contributed by atoms with Gasteiger partial charge in [-0.3, -0.25) is 4.79 Å². The zero-order valence-electron chi connectivity index (χ0n) is 9.44. The maximum atomic E-state index is 10.4. The molecule has 1 saturated carbocycles. The molecule has 16 heavy (non-hydrogen) atoms. The molecule has 0 spiro atoms. The van der Waals surface area contributed by atoms with E-state index in [-0.39, 0.29) is 5.97 Å². The normalized spacial score (nSPS) is 17.6. The predicted octanol–water partition coefficient (Wildman–Crippen LogP) is 1.46. The molecule has 1 aliphatic rings. The predicted molar refractivity (Wildman–Crippen MR) is 57.6 cm³/mol. The molecule has 0 amide bonds. The van der Waals surface area contributed by atoms with E-state index in [1.807, 2.05) is 0 Å². The SMILES string of the molecule is C=COC(C)=O.O=C(O)C1(O)CCCCC1. The van der Waals surface area contributed by atoms with Crippen molar-refractivity contribution in [1.29, 1.82) is 0 Å². The second-order valence-corrected chi connectivity index (χ2v) is 3.67. The van der Waals surface area contributed by atoms with Crippen LogP contribution in [0.5, 0.6) is 0 Å². The number of esters is 1. The highest BCUT2D eigenvalue weighted by atomic mass is 16.5. The first-order chi connectivity index (χ1) is 7.42. The lowest BCUT2D eigenvalue weighted by Gasteiger charge is -2.27. The van der Waals surface area contributed by atoms with Gasteiger partial charge in [-0.05, 0) is 25.7 Å². The molecule has 0 aromatic heterocycles. The van der Waals surface area contributed by atoms with Crippen LogP contribution in [0.25, 0.3) is 0 Å². The highest BCUT2D eigenvalue weighted by Crippen LogP contribution is 2.27. The summed E-state index contributed by atoms with van der Waals surface area (Å²) in [6, 6.07) is 0. The first-order valence-electron chi connectivity index (χ1n) is 5.16. The van der Waals surface area contributed by atoms with Gasteiger partial charge in [0.25, 0.3) is 0 Å². The summed E-state index contributed by atoms with van der Waals surface area (Å²) in [7, 11) is 0. The third-order valence-corrected chi connectivity index (χ3v) is 2.33. The summed E-state index contributed by atoms with van der Waals surface area (Å²) in [6.07, 6.45) is 4.66. The molecule has 5 nitrogen and oxygen atoms in total. The first-order valence-corrected chi connectivity index (χ1v) is 5.16. The Morgan fingerprint density at radius 3 is 2.00 bits per heavy atom. The number of aliphatic carboxylic acids is 1. The highest BCUT2D eigenvalue weighted by molar-refractivity contribution is 5.77. The molecule has 0 radical (unpaired) electrons. The molecule has 0 aromatic carbocycles. The minimum absolute atomic E-state index is 0.329. The number of carbonyl (C=O) groups is 2. The van der Waals surface area contributed by atoms with E-state index in [9.17, 15) is 14.7 Å². The van der Waals surface area contributed by atoms with Gasteiger partial charge in [0.15, 0.2) is 5.60 Å². The lowest BCUT2D eigenvalue weighted by atomic mass is 9.85. The number of hydrogen-bond donors (Lipinski definition) is 2. The van der Waals surface area contributed by atoms with Crippen LogP contribution in [0.15, 0.2) is 12.8 Å². The minimum atomic E-state index is -1.40. The van der Waals surface area contributed by atoms with Gasteiger partial charge in [0.2, 0.25) is 0 Å². The van der Waals surface area contributed by atoms with Crippen LogP contribution < -0.4 is 0 Å². The van der Waals surface area contributed by atoms with Gasteiger partial charge < -0.3 is 14.9 Å². The second kappa shape index (κ2) is 7.00. The van der Waals surface area contributed by atoms with Crippen molar-refractivity contribution in [3.05, 3.63) is 12.8 Å². The smallest absolute Gasteiger partial charge is 0.335 e. The zero-order chi connectivity index (χ0) is 12.6. The Bertz CT molecular complexity index is 253. The number of ether oxygens (including phenoxy) is 1. The van der Waals surface area contributed by atoms with E-state index in [4.69, 9.17) is 5.11 Å². The molecule has 92 valence electrons. The average molecular weight is 230 g/mol. The Hall–Kier alpha value is -1.36. The molecule has 1 aliphatic carbocycles. The van der Waals surface area contributed by atoms with Crippen molar-refractivity contribution < 1.29 is 24.5 Å². The summed E-state index contributed by atoms with van der Waals surface area (Å²) < 4.78 is 4.17. The zero-order valence-corrected chi connectivity index (χ0v) is 9.44. The fourth-order valence-corrected chi connectivity index (χ4v) is 1.47. The Morgan fingerprint density at radius 1 is 1.31 bits per heavy atom. The van der Waals surface area contributed by atoms with Gasteiger partial charge in [-0.2, -0.15) is 0 Å². The van der Waals surface area contributed by atoms with Gasteiger partial charge in [0, 0.05) is 6.92 Å². The van der Waals surface area contributed by atoms with Crippen LogP contribution in [0.3, 0.4) is 0 Å². The molecule has 2 N–H and O–H groups in total. The van der Waals surface area contributed by atoms with Crippen LogP contribution in [-0.2, 0) is 14.3 Å². The molecule has 0 unspecified atom stereocenters. The van der Waals surface area contributed by atoms with Crippen molar-refractivity contribution in [3.63, 3.8) is 0 Å². The number of aliphatic hydroxyl groups is 1. The molecule has 0 atom stereocenters. The molecule has 0 aliphatic heterocycles. The van der Waals surface area contributed by atoms with Gasteiger partial charge in [0.05, 0.1) is 6.26 Å². The Labute approximate surface area is 94.7 Å². The van der Waals surface area contributed by atoms with Crippen LogP contribution >= 0.6 is 0 Å². The number of carboxylic acid groups (broad SMARTS) is 1. The number of rotatable bonds is 2. The van der Waals surface area contributed by atoms with E-state index in [2.05, 4.69) is 11.3 Å². The number of carbonyl (C=O) groups excluding carboxylic acids is 1. The van der Waals surface area contributed by atoms with E-state index in [0.29, 0.717) is 12.8 Å². The summed E-state index contributed by atoms with van der Waals surface area (Å²) in [6.45, 7) is 4.48. The van der Waals surface area contributed by atoms with E-state index in [0.717, 1.165) is 25.5 Å². The number of carboxylic acids is 1. The standard InChI is InChI=1S/C7H12O3.C4H6O2/c8-6(9)7(10)4-2-1-3-5-7;1-3-6-4(2)5/h10H,1-5H2,(H,8,9);3H,1H2,2H3. The van der Waals surface area contributed by atoms with Crippen LogP contribution in [0.1, 0.15) is 39.0 Å². The van der Waals surface area contributed by atoms with Gasteiger partial charge in [-0.25, -0.2) is 4.79 Å². The summed E-state index contributed by atoms with van der Waals surface area (Å²) in [5, 5.41) is 17.9. The Balaban J connectivity index is 0.000000325. The van der Waals surface area contributed by atoms with Crippen molar-refractivity contribution >= 4 is 11.9 Å². The lowest BCUT2D eigenvalue weighted by Crippen LogP contribution is -2.40. The molecule has 1 rings (SSSR count). The van der Waals surface area contributed by atoms with Crippen molar-refractivity contribution in [2.75, 3.05) is 0 Å². The van der Waals surface area contributed by atoms with E-state index in [1.165, 1.54) is 6.92 Å². The van der Waals surface area contributed by atoms with Gasteiger partial charge >= 0.3 is 11.9 Å². The fourth-order valence-electron chi connectivity index (χ4n) is 1.47. The van der Waals surface area contributed by atoms with Crippen molar-refractivity contribution in [2.45, 2.75) is 44.6 Å². The number of hydrogen-bond acceptors (Lipinski definition) is 4. The third kappa shape index (κ3) is 5.50. The Kier molecular flexibility index (Phi) is 6.41. The van der Waals surface area contributed by atoms with Crippen molar-refractivity contribution in [1.82, 2.24) is 0 Å². The van der Waals surface area contributed by atoms with Crippen molar-refractivity contribution in [3.8, 4) is 0 Å².